The van der Waals surface area contributed by atoms with Crippen LogP contribution in [-0.4, -0.2) is 49.5 Å². The monoisotopic (exact) mass is 417 g/mol. The molecule has 0 aliphatic carbocycles. The number of anilines is 1. The lowest BCUT2D eigenvalue weighted by Gasteiger charge is -2.32. The van der Waals surface area contributed by atoms with E-state index in [0.29, 0.717) is 12.5 Å². The fourth-order valence-corrected chi connectivity index (χ4v) is 3.38. The second-order valence-electron chi connectivity index (χ2n) is 7.32. The average Bonchev–Trinajstić information content (AvgIpc) is 2.74. The topological polar surface area (TPSA) is 70.7 Å². The molecule has 0 spiro atoms. The van der Waals surface area contributed by atoms with Gasteiger partial charge < -0.3 is 15.4 Å². The number of amides is 2. The second kappa shape index (κ2) is 10.7. The number of nitrogens with one attached hydrogen (secondary N) is 2. The van der Waals surface area contributed by atoms with Gasteiger partial charge in [-0.3, -0.25) is 14.5 Å². The number of likely N-dealkylation sites (tertiary alicyclic amines) is 1. The molecule has 1 saturated heterocycles. The number of carbonyl (C=O) groups is 2. The molecule has 1 aliphatic heterocycles. The molecule has 0 aromatic heterocycles. The Labute approximate surface area is 174 Å². The van der Waals surface area contributed by atoms with Crippen molar-refractivity contribution in [1.29, 1.82) is 0 Å². The summed E-state index contributed by atoms with van der Waals surface area (Å²) >= 11 is 0. The molecule has 1 aliphatic rings. The van der Waals surface area contributed by atoms with E-state index in [0.717, 1.165) is 43.8 Å². The van der Waals surface area contributed by atoms with Crippen molar-refractivity contribution in [3.63, 3.8) is 0 Å². The maximum atomic E-state index is 13.2. The summed E-state index contributed by atoms with van der Waals surface area (Å²) in [5.74, 6) is -1.65. The molecular formula is C22H25F2N3O3. The number of rotatable bonds is 8. The Kier molecular flexibility index (Phi) is 7.73. The minimum Gasteiger partial charge on any atom is -0.493 e. The SMILES string of the molecule is O=C(CN1CCCC(COc2ccccc2)C1)NCC(=O)Nc1ccc(F)c(F)c1. The highest BCUT2D eigenvalue weighted by atomic mass is 19.2. The van der Waals surface area contributed by atoms with E-state index < -0.39 is 17.5 Å². The van der Waals surface area contributed by atoms with E-state index in [1.165, 1.54) is 6.07 Å². The first kappa shape index (κ1) is 21.7. The highest BCUT2D eigenvalue weighted by Crippen LogP contribution is 2.18. The first-order valence-corrected chi connectivity index (χ1v) is 9.91. The van der Waals surface area contributed by atoms with E-state index >= 15 is 0 Å². The molecule has 1 atom stereocenters. The maximum Gasteiger partial charge on any atom is 0.243 e. The van der Waals surface area contributed by atoms with Crippen LogP contribution in [0.5, 0.6) is 5.75 Å². The average molecular weight is 417 g/mol. The van der Waals surface area contributed by atoms with Gasteiger partial charge >= 0.3 is 0 Å². The molecular weight excluding hydrogens is 392 g/mol. The first-order chi connectivity index (χ1) is 14.5. The summed E-state index contributed by atoms with van der Waals surface area (Å²) in [4.78, 5) is 26.1. The van der Waals surface area contributed by atoms with Crippen molar-refractivity contribution in [3.05, 3.63) is 60.2 Å². The van der Waals surface area contributed by atoms with Crippen molar-refractivity contribution >= 4 is 17.5 Å². The molecule has 160 valence electrons. The van der Waals surface area contributed by atoms with Crippen LogP contribution in [0.2, 0.25) is 0 Å². The summed E-state index contributed by atoms with van der Waals surface area (Å²) in [6.07, 6.45) is 2.02. The van der Waals surface area contributed by atoms with Gasteiger partial charge in [-0.15, -0.1) is 0 Å². The Morgan fingerprint density at radius 2 is 1.87 bits per heavy atom. The minimum atomic E-state index is -1.05. The van der Waals surface area contributed by atoms with Gasteiger partial charge in [0.05, 0.1) is 19.7 Å². The lowest BCUT2D eigenvalue weighted by Crippen LogP contribution is -2.45. The molecule has 30 heavy (non-hydrogen) atoms. The van der Waals surface area contributed by atoms with Crippen LogP contribution in [0.25, 0.3) is 0 Å². The summed E-state index contributed by atoms with van der Waals surface area (Å²) in [5, 5.41) is 4.97. The largest absolute Gasteiger partial charge is 0.493 e. The van der Waals surface area contributed by atoms with Gasteiger partial charge in [-0.1, -0.05) is 18.2 Å². The predicted molar refractivity (Wildman–Crippen MR) is 109 cm³/mol. The zero-order valence-electron chi connectivity index (χ0n) is 16.6. The van der Waals surface area contributed by atoms with Crippen LogP contribution in [0, 0.1) is 17.6 Å². The number of nitrogens with zero attached hydrogens (tertiary/aromatic N) is 1. The van der Waals surface area contributed by atoms with E-state index in [-0.39, 0.29) is 24.7 Å². The third-order valence-electron chi connectivity index (χ3n) is 4.85. The van der Waals surface area contributed by atoms with Crippen molar-refractivity contribution in [2.75, 3.05) is 38.1 Å². The van der Waals surface area contributed by atoms with E-state index in [9.17, 15) is 18.4 Å². The Morgan fingerprint density at radius 3 is 2.63 bits per heavy atom. The van der Waals surface area contributed by atoms with Crippen LogP contribution in [0.4, 0.5) is 14.5 Å². The summed E-state index contributed by atoms with van der Waals surface area (Å²) in [7, 11) is 0. The normalized spacial score (nSPS) is 16.7. The summed E-state index contributed by atoms with van der Waals surface area (Å²) in [6, 6.07) is 12.7. The van der Waals surface area contributed by atoms with Gasteiger partial charge in [0.2, 0.25) is 11.8 Å². The third-order valence-corrected chi connectivity index (χ3v) is 4.85. The highest BCUT2D eigenvalue weighted by Gasteiger charge is 2.22. The van der Waals surface area contributed by atoms with Gasteiger partial charge in [0, 0.05) is 24.2 Å². The smallest absolute Gasteiger partial charge is 0.243 e. The van der Waals surface area contributed by atoms with E-state index in [4.69, 9.17) is 4.74 Å². The van der Waals surface area contributed by atoms with E-state index in [1.54, 1.807) is 0 Å². The molecule has 2 aromatic carbocycles. The number of hydrogen-bond acceptors (Lipinski definition) is 4. The van der Waals surface area contributed by atoms with Gasteiger partial charge in [-0.05, 0) is 43.7 Å². The summed E-state index contributed by atoms with van der Waals surface area (Å²) < 4.78 is 31.9. The molecule has 0 bridgehead atoms. The molecule has 0 saturated carbocycles. The maximum absolute atomic E-state index is 13.2. The van der Waals surface area contributed by atoms with Gasteiger partial charge in [0.1, 0.15) is 5.75 Å². The van der Waals surface area contributed by atoms with Crippen molar-refractivity contribution in [2.45, 2.75) is 12.8 Å². The van der Waals surface area contributed by atoms with Crippen LogP contribution in [0.3, 0.4) is 0 Å². The van der Waals surface area contributed by atoms with Crippen molar-refractivity contribution in [3.8, 4) is 5.75 Å². The summed E-state index contributed by atoms with van der Waals surface area (Å²) in [5.41, 5.74) is 0.130. The molecule has 6 nitrogen and oxygen atoms in total. The van der Waals surface area contributed by atoms with Crippen LogP contribution < -0.4 is 15.4 Å². The lowest BCUT2D eigenvalue weighted by atomic mass is 9.99. The van der Waals surface area contributed by atoms with Gasteiger partial charge in [-0.2, -0.15) is 0 Å². The van der Waals surface area contributed by atoms with Gasteiger partial charge in [0.25, 0.3) is 0 Å². The number of hydrogen-bond donors (Lipinski definition) is 2. The molecule has 2 N–H and O–H groups in total. The van der Waals surface area contributed by atoms with Crippen molar-refractivity contribution in [1.82, 2.24) is 10.2 Å². The molecule has 1 unspecified atom stereocenters. The lowest BCUT2D eigenvalue weighted by molar-refractivity contribution is -0.125. The number of carbonyl (C=O) groups excluding carboxylic acids is 2. The zero-order chi connectivity index (χ0) is 21.3. The van der Waals surface area contributed by atoms with Crippen LogP contribution in [0.15, 0.2) is 48.5 Å². The van der Waals surface area contributed by atoms with E-state index in [1.807, 2.05) is 35.2 Å². The quantitative estimate of drug-likeness (QED) is 0.693. The third kappa shape index (κ3) is 6.81. The van der Waals surface area contributed by atoms with E-state index in [2.05, 4.69) is 10.6 Å². The number of benzene rings is 2. The molecule has 3 rings (SSSR count). The zero-order valence-corrected chi connectivity index (χ0v) is 16.6. The fourth-order valence-electron chi connectivity index (χ4n) is 3.38. The Bertz CT molecular complexity index is 864. The minimum absolute atomic E-state index is 0.130. The number of ether oxygens (including phenoxy) is 1. The summed E-state index contributed by atoms with van der Waals surface area (Å²) in [6.45, 7) is 2.11. The molecule has 2 aromatic rings. The van der Waals surface area contributed by atoms with Gasteiger partial charge in [0.15, 0.2) is 11.6 Å². The molecule has 0 radical (unpaired) electrons. The fraction of sp³-hybridized carbons (Fsp3) is 0.364. The van der Waals surface area contributed by atoms with Crippen LogP contribution >= 0.6 is 0 Å². The Morgan fingerprint density at radius 1 is 1.07 bits per heavy atom. The van der Waals surface area contributed by atoms with Crippen molar-refractivity contribution in [2.24, 2.45) is 5.92 Å². The van der Waals surface area contributed by atoms with Crippen LogP contribution in [-0.2, 0) is 9.59 Å². The van der Waals surface area contributed by atoms with Crippen molar-refractivity contribution < 1.29 is 23.1 Å². The number of piperidine rings is 1. The van der Waals surface area contributed by atoms with Crippen LogP contribution in [0.1, 0.15) is 12.8 Å². The number of halogens is 2. The first-order valence-electron chi connectivity index (χ1n) is 9.91. The molecule has 8 heteroatoms. The highest BCUT2D eigenvalue weighted by molar-refractivity contribution is 5.94. The molecule has 2 amide bonds. The second-order valence-corrected chi connectivity index (χ2v) is 7.32. The molecule has 1 heterocycles. The Hall–Kier alpha value is -3.00. The standard InChI is InChI=1S/C22H25F2N3O3/c23-19-9-8-17(11-20(19)24)26-21(28)12-25-22(29)14-27-10-4-5-16(13-27)15-30-18-6-2-1-3-7-18/h1-3,6-9,11,16H,4-5,10,12-15H2,(H,25,29)(H,26,28). The predicted octanol–water partition coefficient (Wildman–Crippen LogP) is 2.81. The Balaban J connectivity index is 1.37. The number of para-hydroxylation sites is 1. The molecule has 1 fully saturated rings. The van der Waals surface area contributed by atoms with Gasteiger partial charge in [-0.25, -0.2) is 8.78 Å².